The van der Waals surface area contributed by atoms with Gasteiger partial charge in [-0.15, -0.1) is 0 Å². The van der Waals surface area contributed by atoms with Gasteiger partial charge in [0.15, 0.2) is 0 Å². The zero-order chi connectivity index (χ0) is 9.26. The van der Waals surface area contributed by atoms with Crippen molar-refractivity contribution in [1.29, 1.82) is 0 Å². The topological polar surface area (TPSA) is 17.3 Å². The maximum Gasteiger partial charge on any atom is 0.140 e. The van der Waals surface area contributed by atoms with E-state index in [0.29, 0.717) is 0 Å². The Balaban J connectivity index is 2.67. The fourth-order valence-corrected chi connectivity index (χ4v) is 1.57. The van der Waals surface area contributed by atoms with E-state index >= 15 is 0 Å². The molecule has 2 aromatic heterocycles. The van der Waals surface area contributed by atoms with E-state index in [1.165, 1.54) is 11.3 Å². The first-order valence-electron chi connectivity index (χ1n) is 4.80. The molecule has 0 unspecified atom stereocenters. The number of rotatable bonds is 2. The summed E-state index contributed by atoms with van der Waals surface area (Å²) in [6.45, 7) is 4.29. The van der Waals surface area contributed by atoms with Crippen LogP contribution in [0.2, 0.25) is 0 Å². The van der Waals surface area contributed by atoms with Crippen LogP contribution in [0.25, 0.3) is 5.65 Å². The van der Waals surface area contributed by atoms with E-state index in [4.69, 9.17) is 0 Å². The average molecular weight is 174 g/mol. The lowest BCUT2D eigenvalue weighted by Crippen LogP contribution is -1.88. The summed E-state index contributed by atoms with van der Waals surface area (Å²) in [5.41, 5.74) is 3.60. The molecule has 0 bridgehead atoms. The normalized spacial score (nSPS) is 10.9. The van der Waals surface area contributed by atoms with Gasteiger partial charge in [0.1, 0.15) is 5.65 Å². The first-order chi connectivity index (χ1) is 6.35. The predicted molar refractivity (Wildman–Crippen MR) is 53.9 cm³/mol. The van der Waals surface area contributed by atoms with Crippen molar-refractivity contribution in [1.82, 2.24) is 9.38 Å². The van der Waals surface area contributed by atoms with Gasteiger partial charge in [-0.3, -0.25) is 0 Å². The van der Waals surface area contributed by atoms with Crippen molar-refractivity contribution in [2.24, 2.45) is 0 Å². The highest BCUT2D eigenvalue weighted by atomic mass is 15.0. The molecule has 0 aromatic carbocycles. The second kappa shape index (κ2) is 3.21. The van der Waals surface area contributed by atoms with E-state index in [1.807, 2.05) is 0 Å². The molecule has 2 nitrogen and oxygen atoms in total. The number of fused-ring (bicyclic) bond motifs is 1. The molecule has 2 aromatic rings. The molecule has 13 heavy (non-hydrogen) atoms. The molecule has 0 radical (unpaired) electrons. The number of nitrogens with zero attached hydrogens (tertiary/aromatic N) is 2. The maximum atomic E-state index is 4.56. The molecule has 0 aliphatic heterocycles. The van der Waals surface area contributed by atoms with Crippen molar-refractivity contribution >= 4 is 5.65 Å². The first-order valence-corrected chi connectivity index (χ1v) is 4.80. The number of hydrogen-bond acceptors (Lipinski definition) is 1. The van der Waals surface area contributed by atoms with E-state index in [2.05, 4.69) is 47.8 Å². The summed E-state index contributed by atoms with van der Waals surface area (Å²) in [6, 6.07) is 4.22. The Morgan fingerprint density at radius 3 is 2.85 bits per heavy atom. The Hall–Kier alpha value is -1.31. The standard InChI is InChI=1S/C11H14N2/c1-3-9-6-5-7-13-8-10(4-2)12-11(9)13/h5-8H,3-4H2,1-2H3. The summed E-state index contributed by atoms with van der Waals surface area (Å²) >= 11 is 0. The van der Waals surface area contributed by atoms with Gasteiger partial charge in [-0.05, 0) is 24.5 Å². The average Bonchev–Trinajstić information content (AvgIpc) is 2.59. The van der Waals surface area contributed by atoms with Gasteiger partial charge in [0.2, 0.25) is 0 Å². The Labute approximate surface area is 78.2 Å². The summed E-state index contributed by atoms with van der Waals surface area (Å²) in [5, 5.41) is 0. The first kappa shape index (κ1) is 8.30. The van der Waals surface area contributed by atoms with Crippen molar-refractivity contribution in [3.63, 3.8) is 0 Å². The molecular weight excluding hydrogens is 160 g/mol. The van der Waals surface area contributed by atoms with Crippen LogP contribution in [0.3, 0.4) is 0 Å². The fourth-order valence-electron chi connectivity index (χ4n) is 1.57. The lowest BCUT2D eigenvalue weighted by molar-refractivity contribution is 1.07. The van der Waals surface area contributed by atoms with Gasteiger partial charge in [0.25, 0.3) is 0 Å². The van der Waals surface area contributed by atoms with Crippen LogP contribution in [0, 0.1) is 0 Å². The maximum absolute atomic E-state index is 4.56. The fraction of sp³-hybridized carbons (Fsp3) is 0.364. The smallest absolute Gasteiger partial charge is 0.140 e. The van der Waals surface area contributed by atoms with Gasteiger partial charge in [-0.1, -0.05) is 19.9 Å². The highest BCUT2D eigenvalue weighted by Crippen LogP contribution is 2.11. The largest absolute Gasteiger partial charge is 0.307 e. The zero-order valence-electron chi connectivity index (χ0n) is 8.12. The van der Waals surface area contributed by atoms with Crippen molar-refractivity contribution in [2.45, 2.75) is 26.7 Å². The summed E-state index contributed by atoms with van der Waals surface area (Å²) < 4.78 is 2.11. The molecule has 0 aliphatic carbocycles. The van der Waals surface area contributed by atoms with Crippen molar-refractivity contribution in [2.75, 3.05) is 0 Å². The molecule has 0 N–H and O–H groups in total. The highest BCUT2D eigenvalue weighted by Gasteiger charge is 2.02. The van der Waals surface area contributed by atoms with Crippen molar-refractivity contribution in [3.8, 4) is 0 Å². The Morgan fingerprint density at radius 1 is 1.31 bits per heavy atom. The Bertz CT molecular complexity index is 415. The summed E-state index contributed by atoms with van der Waals surface area (Å²) in [5.74, 6) is 0. The highest BCUT2D eigenvalue weighted by molar-refractivity contribution is 5.48. The summed E-state index contributed by atoms with van der Waals surface area (Å²) in [7, 11) is 0. The number of aromatic nitrogens is 2. The minimum Gasteiger partial charge on any atom is -0.307 e. The molecule has 0 fully saturated rings. The third-order valence-electron chi connectivity index (χ3n) is 2.36. The van der Waals surface area contributed by atoms with Gasteiger partial charge < -0.3 is 4.40 Å². The van der Waals surface area contributed by atoms with Crippen LogP contribution < -0.4 is 0 Å². The van der Waals surface area contributed by atoms with Gasteiger partial charge in [-0.2, -0.15) is 0 Å². The van der Waals surface area contributed by atoms with Gasteiger partial charge >= 0.3 is 0 Å². The lowest BCUT2D eigenvalue weighted by atomic mass is 10.2. The van der Waals surface area contributed by atoms with E-state index < -0.39 is 0 Å². The van der Waals surface area contributed by atoms with Crippen LogP contribution in [-0.4, -0.2) is 9.38 Å². The molecule has 68 valence electrons. The van der Waals surface area contributed by atoms with E-state index in [-0.39, 0.29) is 0 Å². The zero-order valence-corrected chi connectivity index (χ0v) is 8.12. The van der Waals surface area contributed by atoms with Gasteiger partial charge in [0.05, 0.1) is 5.69 Å². The molecule has 2 rings (SSSR count). The van der Waals surface area contributed by atoms with Crippen LogP contribution in [-0.2, 0) is 12.8 Å². The van der Waals surface area contributed by atoms with Crippen molar-refractivity contribution < 1.29 is 0 Å². The monoisotopic (exact) mass is 174 g/mol. The van der Waals surface area contributed by atoms with Crippen molar-refractivity contribution in [3.05, 3.63) is 35.8 Å². The minimum atomic E-state index is 1.00. The number of hydrogen-bond donors (Lipinski definition) is 0. The van der Waals surface area contributed by atoms with Crippen LogP contribution in [0.4, 0.5) is 0 Å². The Morgan fingerprint density at radius 2 is 2.15 bits per heavy atom. The second-order valence-electron chi connectivity index (χ2n) is 3.20. The summed E-state index contributed by atoms with van der Waals surface area (Å²) in [6.07, 6.45) is 6.21. The SMILES string of the molecule is CCc1cn2cccc(CC)c2n1. The van der Waals surface area contributed by atoms with Crippen LogP contribution in [0.1, 0.15) is 25.1 Å². The van der Waals surface area contributed by atoms with Crippen LogP contribution >= 0.6 is 0 Å². The third kappa shape index (κ3) is 1.32. The molecule has 0 saturated carbocycles. The quantitative estimate of drug-likeness (QED) is 0.683. The van der Waals surface area contributed by atoms with E-state index in [1.54, 1.807) is 0 Å². The van der Waals surface area contributed by atoms with Crippen LogP contribution in [0.15, 0.2) is 24.5 Å². The molecule has 0 amide bonds. The number of aryl methyl sites for hydroxylation is 2. The summed E-state index contributed by atoms with van der Waals surface area (Å²) in [4.78, 5) is 4.56. The Kier molecular flexibility index (Phi) is 2.05. The lowest BCUT2D eigenvalue weighted by Gasteiger charge is -1.97. The van der Waals surface area contributed by atoms with E-state index in [9.17, 15) is 0 Å². The molecule has 0 spiro atoms. The number of pyridine rings is 1. The number of imidazole rings is 1. The van der Waals surface area contributed by atoms with E-state index in [0.717, 1.165) is 18.5 Å². The molecular formula is C11H14N2. The molecule has 0 atom stereocenters. The molecule has 2 heterocycles. The molecule has 0 aliphatic rings. The predicted octanol–water partition coefficient (Wildman–Crippen LogP) is 2.46. The molecule has 0 saturated heterocycles. The third-order valence-corrected chi connectivity index (χ3v) is 2.36. The van der Waals surface area contributed by atoms with Crippen LogP contribution in [0.5, 0.6) is 0 Å². The minimum absolute atomic E-state index is 1.00. The second-order valence-corrected chi connectivity index (χ2v) is 3.20. The van der Waals surface area contributed by atoms with Gasteiger partial charge in [-0.25, -0.2) is 4.98 Å². The molecule has 2 heteroatoms. The van der Waals surface area contributed by atoms with Gasteiger partial charge in [0, 0.05) is 12.4 Å².